The Bertz CT molecular complexity index is 918. The molecule has 2 N–H and O–H groups in total. The number of carbonyl (C=O) groups is 3. The van der Waals surface area contributed by atoms with Crippen molar-refractivity contribution < 1.29 is 14.4 Å². The molecule has 1 heterocycles. The maximum atomic E-state index is 12.7. The maximum Gasteiger partial charge on any atom is 0.255 e. The third-order valence-electron chi connectivity index (χ3n) is 5.07. The molecule has 0 spiro atoms. The highest BCUT2D eigenvalue weighted by molar-refractivity contribution is 6.30. The summed E-state index contributed by atoms with van der Waals surface area (Å²) in [5.41, 5.74) is 1.65. The molecule has 30 heavy (non-hydrogen) atoms. The normalized spacial score (nSPS) is 14.1. The van der Waals surface area contributed by atoms with Crippen LogP contribution in [0.3, 0.4) is 0 Å². The molecular weight excluding hydrogens is 402 g/mol. The number of nitrogens with zero attached hydrogens (tertiary/aromatic N) is 1. The van der Waals surface area contributed by atoms with Gasteiger partial charge >= 0.3 is 0 Å². The van der Waals surface area contributed by atoms with Crippen LogP contribution < -0.4 is 10.6 Å². The minimum absolute atomic E-state index is 0.0165. The Morgan fingerprint density at radius 1 is 1.00 bits per heavy atom. The first-order valence-corrected chi connectivity index (χ1v) is 10.2. The summed E-state index contributed by atoms with van der Waals surface area (Å²) in [5.74, 6) is -0.375. The van der Waals surface area contributed by atoms with Crippen LogP contribution in [-0.2, 0) is 4.79 Å². The molecule has 0 aromatic heterocycles. The van der Waals surface area contributed by atoms with E-state index in [2.05, 4.69) is 17.2 Å². The molecule has 1 saturated heterocycles. The van der Waals surface area contributed by atoms with Gasteiger partial charge in [0.25, 0.3) is 11.8 Å². The molecule has 0 radical (unpaired) electrons. The summed E-state index contributed by atoms with van der Waals surface area (Å²) in [4.78, 5) is 38.8. The van der Waals surface area contributed by atoms with Crippen molar-refractivity contribution in [3.05, 3.63) is 77.3 Å². The second-order valence-corrected chi connectivity index (χ2v) is 7.58. The zero-order chi connectivity index (χ0) is 21.5. The number of rotatable bonds is 6. The van der Waals surface area contributed by atoms with E-state index in [1.54, 1.807) is 59.5 Å². The molecule has 0 unspecified atom stereocenters. The van der Waals surface area contributed by atoms with Gasteiger partial charge in [0, 0.05) is 47.4 Å². The lowest BCUT2D eigenvalue weighted by molar-refractivity contribution is -0.126. The van der Waals surface area contributed by atoms with Crippen molar-refractivity contribution in [3.63, 3.8) is 0 Å². The molecule has 1 aliphatic rings. The Morgan fingerprint density at radius 2 is 1.60 bits per heavy atom. The minimum atomic E-state index is -0.248. The van der Waals surface area contributed by atoms with E-state index < -0.39 is 0 Å². The van der Waals surface area contributed by atoms with Crippen LogP contribution in [0.15, 0.2) is 61.2 Å². The summed E-state index contributed by atoms with van der Waals surface area (Å²) >= 11 is 5.84. The third-order valence-corrected chi connectivity index (χ3v) is 5.32. The summed E-state index contributed by atoms with van der Waals surface area (Å²) < 4.78 is 0. The predicted molar refractivity (Wildman–Crippen MR) is 118 cm³/mol. The van der Waals surface area contributed by atoms with Crippen LogP contribution in [0.2, 0.25) is 5.02 Å². The van der Waals surface area contributed by atoms with Gasteiger partial charge in [-0.1, -0.05) is 17.7 Å². The zero-order valence-corrected chi connectivity index (χ0v) is 17.3. The highest BCUT2D eigenvalue weighted by Gasteiger charge is 2.27. The fourth-order valence-electron chi connectivity index (χ4n) is 3.35. The second-order valence-electron chi connectivity index (χ2n) is 7.14. The first-order valence-electron chi connectivity index (χ1n) is 9.83. The Labute approximate surface area is 180 Å². The number of hydrogen-bond donors (Lipinski definition) is 2. The van der Waals surface area contributed by atoms with Crippen molar-refractivity contribution in [1.82, 2.24) is 10.2 Å². The lowest BCUT2D eigenvalue weighted by Crippen LogP contribution is -2.43. The van der Waals surface area contributed by atoms with Crippen molar-refractivity contribution in [1.29, 1.82) is 0 Å². The molecule has 3 rings (SSSR count). The average molecular weight is 426 g/mol. The van der Waals surface area contributed by atoms with Crippen LogP contribution in [0.1, 0.15) is 33.6 Å². The first-order chi connectivity index (χ1) is 14.5. The number of piperidine rings is 1. The smallest absolute Gasteiger partial charge is 0.255 e. The number of nitrogens with one attached hydrogen (secondary N) is 2. The molecule has 1 aliphatic heterocycles. The molecule has 2 aromatic carbocycles. The number of likely N-dealkylation sites (tertiary alicyclic amines) is 1. The quantitative estimate of drug-likeness (QED) is 0.692. The van der Waals surface area contributed by atoms with Crippen LogP contribution in [0.25, 0.3) is 0 Å². The van der Waals surface area contributed by atoms with Crippen LogP contribution in [0.5, 0.6) is 0 Å². The van der Waals surface area contributed by atoms with Gasteiger partial charge < -0.3 is 15.5 Å². The van der Waals surface area contributed by atoms with Gasteiger partial charge in [0.05, 0.1) is 0 Å². The molecule has 156 valence electrons. The Balaban J connectivity index is 1.54. The van der Waals surface area contributed by atoms with E-state index in [1.807, 2.05) is 0 Å². The van der Waals surface area contributed by atoms with Gasteiger partial charge in [0.2, 0.25) is 5.91 Å². The number of hydrogen-bond acceptors (Lipinski definition) is 3. The summed E-state index contributed by atoms with van der Waals surface area (Å²) in [6.45, 7) is 5.13. The van der Waals surface area contributed by atoms with Crippen LogP contribution in [0, 0.1) is 5.92 Å². The van der Waals surface area contributed by atoms with Crippen molar-refractivity contribution in [2.75, 3.05) is 25.0 Å². The minimum Gasteiger partial charge on any atom is -0.352 e. The lowest BCUT2D eigenvalue weighted by Gasteiger charge is -2.31. The van der Waals surface area contributed by atoms with Crippen molar-refractivity contribution in [2.24, 2.45) is 5.92 Å². The fraction of sp³-hybridized carbons (Fsp3) is 0.261. The average Bonchev–Trinajstić information content (AvgIpc) is 2.78. The largest absolute Gasteiger partial charge is 0.352 e. The third kappa shape index (κ3) is 5.48. The maximum absolute atomic E-state index is 12.7. The van der Waals surface area contributed by atoms with Gasteiger partial charge in [-0.05, 0) is 61.4 Å². The van der Waals surface area contributed by atoms with Gasteiger partial charge in [-0.15, -0.1) is 6.58 Å². The SMILES string of the molecule is C=CCNC(=O)C1CCN(C(=O)c2ccc(NC(=O)c3ccc(Cl)cc3)cc2)CC1. The molecule has 7 heteroatoms. The molecule has 6 nitrogen and oxygen atoms in total. The molecule has 1 fully saturated rings. The highest BCUT2D eigenvalue weighted by Crippen LogP contribution is 2.20. The number of carbonyl (C=O) groups excluding carboxylic acids is 3. The van der Waals surface area contributed by atoms with Gasteiger partial charge in [-0.2, -0.15) is 0 Å². The monoisotopic (exact) mass is 425 g/mol. The van der Waals surface area contributed by atoms with Crippen molar-refractivity contribution in [2.45, 2.75) is 12.8 Å². The van der Waals surface area contributed by atoms with E-state index >= 15 is 0 Å². The predicted octanol–water partition coefficient (Wildman–Crippen LogP) is 3.75. The molecule has 0 atom stereocenters. The van der Waals surface area contributed by atoms with Crippen molar-refractivity contribution >= 4 is 35.0 Å². The van der Waals surface area contributed by atoms with Crippen LogP contribution >= 0.6 is 11.6 Å². The zero-order valence-electron chi connectivity index (χ0n) is 16.6. The number of amides is 3. The van der Waals surface area contributed by atoms with Crippen LogP contribution in [0.4, 0.5) is 5.69 Å². The molecule has 0 saturated carbocycles. The van der Waals surface area contributed by atoms with Crippen LogP contribution in [-0.4, -0.2) is 42.3 Å². The Kier molecular flexibility index (Phi) is 7.25. The van der Waals surface area contributed by atoms with E-state index in [1.165, 1.54) is 0 Å². The molecular formula is C23H24ClN3O3. The number of benzene rings is 2. The number of anilines is 1. The van der Waals surface area contributed by atoms with E-state index in [0.717, 1.165) is 0 Å². The van der Waals surface area contributed by atoms with Gasteiger partial charge in [-0.3, -0.25) is 14.4 Å². The Hall–Kier alpha value is -3.12. The topological polar surface area (TPSA) is 78.5 Å². The second kappa shape index (κ2) is 10.1. The van der Waals surface area contributed by atoms with Gasteiger partial charge in [0.1, 0.15) is 0 Å². The molecule has 0 bridgehead atoms. The van der Waals surface area contributed by atoms with Gasteiger partial charge in [-0.25, -0.2) is 0 Å². The number of halogens is 1. The highest BCUT2D eigenvalue weighted by atomic mass is 35.5. The first kappa shape index (κ1) is 21.6. The van der Waals surface area contributed by atoms with Gasteiger partial charge in [0.15, 0.2) is 0 Å². The summed E-state index contributed by atoms with van der Waals surface area (Å²) in [7, 11) is 0. The van der Waals surface area contributed by atoms with E-state index in [0.29, 0.717) is 54.3 Å². The van der Waals surface area contributed by atoms with Crippen molar-refractivity contribution in [3.8, 4) is 0 Å². The molecule has 0 aliphatic carbocycles. The van der Waals surface area contributed by atoms with E-state index in [9.17, 15) is 14.4 Å². The lowest BCUT2D eigenvalue weighted by atomic mass is 9.95. The molecule has 3 amide bonds. The van der Waals surface area contributed by atoms with E-state index in [4.69, 9.17) is 11.6 Å². The summed E-state index contributed by atoms with van der Waals surface area (Å²) in [5, 5.41) is 6.18. The fourth-order valence-corrected chi connectivity index (χ4v) is 3.47. The standard InChI is InChI=1S/C23H24ClN3O3/c1-2-13-25-21(28)17-11-14-27(15-12-17)23(30)18-5-9-20(10-6-18)26-22(29)16-3-7-19(24)8-4-16/h2-10,17H,1,11-15H2,(H,25,28)(H,26,29). The van der Waals surface area contributed by atoms with E-state index in [-0.39, 0.29) is 23.6 Å². The Morgan fingerprint density at radius 3 is 2.20 bits per heavy atom. The summed E-state index contributed by atoms with van der Waals surface area (Å²) in [6.07, 6.45) is 2.94. The molecule has 2 aromatic rings. The summed E-state index contributed by atoms with van der Waals surface area (Å²) in [6, 6.07) is 13.4.